The third-order valence-electron chi connectivity index (χ3n) is 3.23. The second kappa shape index (κ2) is 7.00. The van der Waals surface area contributed by atoms with E-state index in [0.29, 0.717) is 5.00 Å². The summed E-state index contributed by atoms with van der Waals surface area (Å²) in [5, 5.41) is 3.55. The Kier molecular flexibility index (Phi) is 5.57. The molecule has 0 unspecified atom stereocenters. The van der Waals surface area contributed by atoms with Gasteiger partial charge in [0.25, 0.3) is 0 Å². The van der Waals surface area contributed by atoms with Gasteiger partial charge in [-0.05, 0) is 49.2 Å². The molecule has 0 spiro atoms. The highest BCUT2D eigenvalue weighted by atomic mass is 32.2. The molecule has 2 rings (SSSR count). The third kappa shape index (κ3) is 3.79. The first-order valence-corrected chi connectivity index (χ1v) is 10.5. The number of thioether (sulfide) groups is 1. The molecule has 1 aromatic rings. The summed E-state index contributed by atoms with van der Waals surface area (Å²) in [5.74, 6) is 1.32. The molecule has 1 heterocycles. The maximum absolute atomic E-state index is 12.3. The Morgan fingerprint density at radius 3 is 2.80 bits per heavy atom. The lowest BCUT2D eigenvalue weighted by Crippen LogP contribution is -2.12. The van der Waals surface area contributed by atoms with Crippen molar-refractivity contribution in [3.8, 4) is 0 Å². The number of nitrogens with one attached hydrogen (secondary N) is 1. The Morgan fingerprint density at radius 1 is 1.40 bits per heavy atom. The number of nitrogens with zero attached hydrogens (tertiary/aromatic N) is 1. The molecule has 0 atom stereocenters. The standard InChI is InChI=1S/C12H21N3O2S3/c1-18-8-4-2-3-7-14-12-10(11(13)15-19-12)20(16,17)9-5-6-9/h9,14H,2-8H2,1H3,(H2,13,15). The highest BCUT2D eigenvalue weighted by Crippen LogP contribution is 2.40. The molecule has 0 aliphatic heterocycles. The van der Waals surface area contributed by atoms with Crippen molar-refractivity contribution in [3.63, 3.8) is 0 Å². The third-order valence-corrected chi connectivity index (χ3v) is 7.21. The number of rotatable bonds is 9. The van der Waals surface area contributed by atoms with Gasteiger partial charge in [0.05, 0.1) is 5.25 Å². The Bertz CT molecular complexity index is 538. The van der Waals surface area contributed by atoms with Crippen LogP contribution < -0.4 is 11.1 Å². The Morgan fingerprint density at radius 2 is 2.15 bits per heavy atom. The van der Waals surface area contributed by atoms with Gasteiger partial charge in [-0.2, -0.15) is 16.1 Å². The van der Waals surface area contributed by atoms with Crippen LogP contribution in [0.1, 0.15) is 32.1 Å². The summed E-state index contributed by atoms with van der Waals surface area (Å²) in [5.41, 5.74) is 5.74. The average molecular weight is 336 g/mol. The summed E-state index contributed by atoms with van der Waals surface area (Å²) < 4.78 is 28.6. The van der Waals surface area contributed by atoms with E-state index in [1.54, 1.807) is 0 Å². The summed E-state index contributed by atoms with van der Waals surface area (Å²) in [6.45, 7) is 0.767. The van der Waals surface area contributed by atoms with Gasteiger partial charge in [0.2, 0.25) is 0 Å². The van der Waals surface area contributed by atoms with Crippen LogP contribution in [0, 0.1) is 0 Å². The molecule has 1 saturated carbocycles. The van der Waals surface area contributed by atoms with Crippen molar-refractivity contribution in [3.05, 3.63) is 0 Å². The van der Waals surface area contributed by atoms with Crippen LogP contribution in [0.2, 0.25) is 0 Å². The largest absolute Gasteiger partial charge is 0.382 e. The summed E-state index contributed by atoms with van der Waals surface area (Å²) in [7, 11) is -3.28. The fourth-order valence-electron chi connectivity index (χ4n) is 1.98. The zero-order valence-electron chi connectivity index (χ0n) is 11.6. The van der Waals surface area contributed by atoms with Crippen LogP contribution in [0.3, 0.4) is 0 Å². The van der Waals surface area contributed by atoms with E-state index in [1.165, 1.54) is 12.2 Å². The number of anilines is 2. The van der Waals surface area contributed by atoms with Gasteiger partial charge in [0, 0.05) is 6.54 Å². The predicted octanol–water partition coefficient (Wildman–Crippen LogP) is 2.61. The normalized spacial score (nSPS) is 15.4. The van der Waals surface area contributed by atoms with E-state index in [9.17, 15) is 8.42 Å². The van der Waals surface area contributed by atoms with Gasteiger partial charge in [-0.25, -0.2) is 8.42 Å². The van der Waals surface area contributed by atoms with Crippen molar-refractivity contribution in [2.24, 2.45) is 0 Å². The van der Waals surface area contributed by atoms with Crippen LogP contribution in [-0.2, 0) is 9.84 Å². The first kappa shape index (κ1) is 15.9. The van der Waals surface area contributed by atoms with E-state index in [2.05, 4.69) is 15.9 Å². The van der Waals surface area contributed by atoms with Crippen LogP contribution in [0.15, 0.2) is 4.90 Å². The van der Waals surface area contributed by atoms with Crippen molar-refractivity contribution in [1.29, 1.82) is 0 Å². The van der Waals surface area contributed by atoms with Crippen molar-refractivity contribution < 1.29 is 8.42 Å². The summed E-state index contributed by atoms with van der Waals surface area (Å²) in [6.07, 6.45) is 6.96. The van der Waals surface area contributed by atoms with Crippen molar-refractivity contribution in [2.45, 2.75) is 42.2 Å². The van der Waals surface area contributed by atoms with Gasteiger partial charge in [-0.1, -0.05) is 6.42 Å². The molecule has 1 aromatic heterocycles. The number of hydrogen-bond donors (Lipinski definition) is 2. The molecule has 8 heteroatoms. The lowest BCUT2D eigenvalue weighted by atomic mass is 10.2. The lowest BCUT2D eigenvalue weighted by Gasteiger charge is -2.07. The highest BCUT2D eigenvalue weighted by molar-refractivity contribution is 7.98. The molecule has 5 nitrogen and oxygen atoms in total. The Hall–Kier alpha value is -0.470. The van der Waals surface area contributed by atoms with Crippen molar-refractivity contribution in [1.82, 2.24) is 4.37 Å². The molecule has 114 valence electrons. The number of hydrogen-bond acceptors (Lipinski definition) is 7. The molecule has 0 saturated heterocycles. The molecule has 1 fully saturated rings. The minimum Gasteiger partial charge on any atom is -0.382 e. The highest BCUT2D eigenvalue weighted by Gasteiger charge is 2.40. The SMILES string of the molecule is CSCCCCCNc1snc(N)c1S(=O)(=O)C1CC1. The maximum atomic E-state index is 12.3. The fraction of sp³-hybridized carbons (Fsp3) is 0.750. The van der Waals surface area contributed by atoms with E-state index in [4.69, 9.17) is 5.73 Å². The summed E-state index contributed by atoms with van der Waals surface area (Å²) >= 11 is 3.00. The van der Waals surface area contributed by atoms with Gasteiger partial charge in [0.1, 0.15) is 9.90 Å². The zero-order valence-corrected chi connectivity index (χ0v) is 14.0. The van der Waals surface area contributed by atoms with Crippen molar-refractivity contribution in [2.75, 3.05) is 29.6 Å². The van der Waals surface area contributed by atoms with E-state index < -0.39 is 9.84 Å². The quantitative estimate of drug-likeness (QED) is 0.675. The second-order valence-electron chi connectivity index (χ2n) is 4.95. The van der Waals surface area contributed by atoms with E-state index >= 15 is 0 Å². The summed E-state index contributed by atoms with van der Waals surface area (Å²) in [4.78, 5) is 0.231. The first-order valence-electron chi connectivity index (χ1n) is 6.79. The van der Waals surface area contributed by atoms with Gasteiger partial charge in [-0.3, -0.25) is 0 Å². The summed E-state index contributed by atoms with van der Waals surface area (Å²) in [6, 6.07) is 0. The Balaban J connectivity index is 1.92. The van der Waals surface area contributed by atoms with Crippen LogP contribution >= 0.6 is 23.3 Å². The number of sulfone groups is 1. The molecular weight excluding hydrogens is 314 g/mol. The molecule has 0 aromatic carbocycles. The molecular formula is C12H21N3O2S3. The minimum atomic E-state index is -3.28. The number of unbranched alkanes of at least 4 members (excludes halogenated alkanes) is 2. The number of nitrogens with two attached hydrogens (primary N) is 1. The van der Waals surface area contributed by atoms with Gasteiger partial charge in [0.15, 0.2) is 15.7 Å². The Labute approximate surface area is 128 Å². The minimum absolute atomic E-state index is 0.145. The molecule has 1 aliphatic carbocycles. The van der Waals surface area contributed by atoms with E-state index in [1.807, 2.05) is 11.8 Å². The predicted molar refractivity (Wildman–Crippen MR) is 87.5 cm³/mol. The van der Waals surface area contributed by atoms with E-state index in [0.717, 1.165) is 43.8 Å². The molecule has 0 amide bonds. The molecule has 20 heavy (non-hydrogen) atoms. The maximum Gasteiger partial charge on any atom is 0.187 e. The zero-order chi connectivity index (χ0) is 14.6. The monoisotopic (exact) mass is 335 g/mol. The topological polar surface area (TPSA) is 85.1 Å². The van der Waals surface area contributed by atoms with Crippen LogP contribution in [0.25, 0.3) is 0 Å². The van der Waals surface area contributed by atoms with Crippen molar-refractivity contribution >= 4 is 44.0 Å². The molecule has 0 bridgehead atoms. The number of nitrogen functional groups attached to an aromatic ring is 1. The molecule has 3 N–H and O–H groups in total. The average Bonchev–Trinajstić information content (AvgIpc) is 3.19. The van der Waals surface area contributed by atoms with Gasteiger partial charge in [-0.15, -0.1) is 0 Å². The first-order chi connectivity index (χ1) is 9.57. The van der Waals surface area contributed by atoms with Gasteiger partial charge >= 0.3 is 0 Å². The number of aromatic nitrogens is 1. The smallest absolute Gasteiger partial charge is 0.187 e. The molecule has 1 aliphatic rings. The lowest BCUT2D eigenvalue weighted by molar-refractivity contribution is 0.595. The second-order valence-corrected chi connectivity index (χ2v) is 8.87. The van der Waals surface area contributed by atoms with Crippen LogP contribution in [0.5, 0.6) is 0 Å². The van der Waals surface area contributed by atoms with E-state index in [-0.39, 0.29) is 16.0 Å². The fourth-order valence-corrected chi connectivity index (χ4v) is 5.38. The van der Waals surface area contributed by atoms with Gasteiger partial charge < -0.3 is 11.1 Å². The van der Waals surface area contributed by atoms with Crippen LogP contribution in [-0.4, -0.2) is 36.6 Å². The van der Waals surface area contributed by atoms with Crippen LogP contribution in [0.4, 0.5) is 10.8 Å². The molecule has 0 radical (unpaired) electrons.